The smallest absolute Gasteiger partial charge is 0.0372 e. The fourth-order valence-corrected chi connectivity index (χ4v) is 1.70. The lowest BCUT2D eigenvalue weighted by molar-refractivity contribution is 0.778. The quantitative estimate of drug-likeness (QED) is 0.548. The van der Waals surface area contributed by atoms with Gasteiger partial charge in [0.15, 0.2) is 0 Å². The first kappa shape index (κ1) is 12.8. The van der Waals surface area contributed by atoms with Crippen LogP contribution in [0.1, 0.15) is 37.3 Å². The van der Waals surface area contributed by atoms with E-state index in [1.54, 1.807) is 0 Å². The average Bonchev–Trinajstić information content (AvgIpc) is 2.28. The van der Waals surface area contributed by atoms with Crippen molar-refractivity contribution < 1.29 is 0 Å². The summed E-state index contributed by atoms with van der Waals surface area (Å²) in [6.07, 6.45) is 8.06. The van der Waals surface area contributed by atoms with E-state index in [9.17, 15) is 0 Å². The molecule has 0 aliphatic rings. The van der Waals surface area contributed by atoms with E-state index in [4.69, 9.17) is 0 Å². The number of aryl methyl sites for hydroxylation is 2. The van der Waals surface area contributed by atoms with Crippen molar-refractivity contribution in [1.29, 1.82) is 0 Å². The zero-order valence-corrected chi connectivity index (χ0v) is 10.7. The Labute approximate surface area is 99.6 Å². The monoisotopic (exact) mass is 217 g/mol. The van der Waals surface area contributed by atoms with Crippen LogP contribution >= 0.6 is 0 Å². The fraction of sp³-hybridized carbons (Fsp3) is 0.467. The molecule has 1 heteroatoms. The number of benzene rings is 1. The topological polar surface area (TPSA) is 12.0 Å². The lowest BCUT2D eigenvalue weighted by Gasteiger charge is -2.09. The summed E-state index contributed by atoms with van der Waals surface area (Å²) in [5, 5.41) is 3.51. The highest BCUT2D eigenvalue weighted by molar-refractivity contribution is 5.52. The Morgan fingerprint density at radius 3 is 2.75 bits per heavy atom. The molecule has 0 saturated heterocycles. The SMILES string of the molecule is C/C=C\CCCCNc1cc(C)ccc1C. The third-order valence-corrected chi connectivity index (χ3v) is 2.74. The third-order valence-electron chi connectivity index (χ3n) is 2.74. The van der Waals surface area contributed by atoms with Crippen molar-refractivity contribution >= 4 is 5.69 Å². The van der Waals surface area contributed by atoms with Crippen LogP contribution in [0.4, 0.5) is 5.69 Å². The molecule has 1 nitrogen and oxygen atoms in total. The van der Waals surface area contributed by atoms with Gasteiger partial charge in [0.25, 0.3) is 0 Å². The molecule has 0 heterocycles. The summed E-state index contributed by atoms with van der Waals surface area (Å²) >= 11 is 0. The van der Waals surface area contributed by atoms with E-state index < -0.39 is 0 Å². The van der Waals surface area contributed by atoms with Crippen molar-refractivity contribution in [3.63, 3.8) is 0 Å². The van der Waals surface area contributed by atoms with Gasteiger partial charge in [0.05, 0.1) is 0 Å². The number of rotatable bonds is 6. The number of nitrogens with one attached hydrogen (secondary N) is 1. The maximum atomic E-state index is 3.51. The van der Waals surface area contributed by atoms with E-state index in [1.165, 1.54) is 36.1 Å². The van der Waals surface area contributed by atoms with Crippen LogP contribution in [0, 0.1) is 13.8 Å². The fourth-order valence-electron chi connectivity index (χ4n) is 1.70. The van der Waals surface area contributed by atoms with Gasteiger partial charge in [-0.05, 0) is 57.2 Å². The minimum Gasteiger partial charge on any atom is -0.385 e. The molecule has 0 atom stereocenters. The van der Waals surface area contributed by atoms with Gasteiger partial charge in [0.1, 0.15) is 0 Å². The number of hydrogen-bond donors (Lipinski definition) is 1. The lowest BCUT2D eigenvalue weighted by Crippen LogP contribution is -2.02. The normalized spacial score (nSPS) is 10.9. The molecule has 0 bridgehead atoms. The highest BCUT2D eigenvalue weighted by atomic mass is 14.9. The van der Waals surface area contributed by atoms with Crippen molar-refractivity contribution in [1.82, 2.24) is 0 Å². The van der Waals surface area contributed by atoms with Crippen LogP contribution in [0.3, 0.4) is 0 Å². The van der Waals surface area contributed by atoms with Crippen LogP contribution in [0.2, 0.25) is 0 Å². The molecule has 0 amide bonds. The number of unbranched alkanes of at least 4 members (excludes halogenated alkanes) is 2. The van der Waals surface area contributed by atoms with Gasteiger partial charge in [0.2, 0.25) is 0 Å². The maximum Gasteiger partial charge on any atom is 0.0372 e. The molecular weight excluding hydrogens is 194 g/mol. The third kappa shape index (κ3) is 4.52. The average molecular weight is 217 g/mol. The first-order valence-electron chi connectivity index (χ1n) is 6.16. The van der Waals surface area contributed by atoms with Gasteiger partial charge in [-0.15, -0.1) is 0 Å². The summed E-state index contributed by atoms with van der Waals surface area (Å²) in [5.41, 5.74) is 3.94. The summed E-state index contributed by atoms with van der Waals surface area (Å²) in [6, 6.07) is 6.56. The van der Waals surface area contributed by atoms with E-state index in [2.05, 4.69) is 56.4 Å². The van der Waals surface area contributed by atoms with Crippen molar-refractivity contribution in [3.05, 3.63) is 41.5 Å². The molecule has 1 N–H and O–H groups in total. The number of anilines is 1. The molecule has 0 aromatic heterocycles. The minimum atomic E-state index is 1.07. The molecule has 1 rings (SSSR count). The van der Waals surface area contributed by atoms with Crippen LogP contribution in [0.25, 0.3) is 0 Å². The van der Waals surface area contributed by atoms with Crippen molar-refractivity contribution in [2.75, 3.05) is 11.9 Å². The Morgan fingerprint density at radius 1 is 1.19 bits per heavy atom. The van der Waals surface area contributed by atoms with E-state index in [-0.39, 0.29) is 0 Å². The Balaban J connectivity index is 2.29. The van der Waals surface area contributed by atoms with Crippen molar-refractivity contribution in [3.8, 4) is 0 Å². The summed E-state index contributed by atoms with van der Waals surface area (Å²) in [4.78, 5) is 0. The van der Waals surface area contributed by atoms with E-state index in [1.807, 2.05) is 0 Å². The second kappa shape index (κ2) is 7.10. The summed E-state index contributed by atoms with van der Waals surface area (Å²) in [5.74, 6) is 0. The second-order valence-electron chi connectivity index (χ2n) is 4.31. The van der Waals surface area contributed by atoms with Crippen molar-refractivity contribution in [2.24, 2.45) is 0 Å². The van der Waals surface area contributed by atoms with Crippen LogP contribution in [-0.2, 0) is 0 Å². The molecule has 0 fully saturated rings. The number of hydrogen-bond acceptors (Lipinski definition) is 1. The molecule has 0 radical (unpaired) electrons. The maximum absolute atomic E-state index is 3.51. The first-order valence-corrected chi connectivity index (χ1v) is 6.16. The standard InChI is InChI=1S/C15H23N/c1-4-5-6-7-8-11-16-15-12-13(2)9-10-14(15)3/h4-5,9-10,12,16H,6-8,11H2,1-3H3/b5-4-. The van der Waals surface area contributed by atoms with Gasteiger partial charge in [-0.2, -0.15) is 0 Å². The molecule has 0 saturated carbocycles. The molecule has 16 heavy (non-hydrogen) atoms. The molecule has 0 spiro atoms. The Kier molecular flexibility index (Phi) is 5.69. The van der Waals surface area contributed by atoms with Crippen LogP contribution < -0.4 is 5.32 Å². The Bertz CT molecular complexity index is 339. The highest BCUT2D eigenvalue weighted by Crippen LogP contribution is 2.16. The molecular formula is C15H23N. The molecule has 0 aliphatic carbocycles. The zero-order valence-electron chi connectivity index (χ0n) is 10.7. The Hall–Kier alpha value is -1.24. The van der Waals surface area contributed by atoms with E-state index in [0.717, 1.165) is 6.54 Å². The Morgan fingerprint density at radius 2 is 2.00 bits per heavy atom. The molecule has 88 valence electrons. The molecule has 0 unspecified atom stereocenters. The lowest BCUT2D eigenvalue weighted by atomic mass is 10.1. The molecule has 1 aromatic rings. The largest absolute Gasteiger partial charge is 0.385 e. The van der Waals surface area contributed by atoms with Gasteiger partial charge in [-0.25, -0.2) is 0 Å². The summed E-state index contributed by atoms with van der Waals surface area (Å²) in [7, 11) is 0. The minimum absolute atomic E-state index is 1.07. The van der Waals surface area contributed by atoms with Gasteiger partial charge in [-0.3, -0.25) is 0 Å². The number of allylic oxidation sites excluding steroid dienone is 2. The first-order chi connectivity index (χ1) is 7.74. The predicted octanol–water partition coefficient (Wildman–Crippen LogP) is 4.46. The van der Waals surface area contributed by atoms with Crippen LogP contribution in [-0.4, -0.2) is 6.54 Å². The van der Waals surface area contributed by atoms with Gasteiger partial charge in [-0.1, -0.05) is 24.3 Å². The van der Waals surface area contributed by atoms with Gasteiger partial charge < -0.3 is 5.32 Å². The van der Waals surface area contributed by atoms with Crippen LogP contribution in [0.5, 0.6) is 0 Å². The predicted molar refractivity (Wildman–Crippen MR) is 73.1 cm³/mol. The van der Waals surface area contributed by atoms with Gasteiger partial charge in [0, 0.05) is 12.2 Å². The van der Waals surface area contributed by atoms with Crippen LogP contribution in [0.15, 0.2) is 30.4 Å². The van der Waals surface area contributed by atoms with Crippen molar-refractivity contribution in [2.45, 2.75) is 40.0 Å². The molecule has 1 aromatic carbocycles. The molecule has 0 aliphatic heterocycles. The van der Waals surface area contributed by atoms with Gasteiger partial charge >= 0.3 is 0 Å². The zero-order chi connectivity index (χ0) is 11.8. The second-order valence-corrected chi connectivity index (χ2v) is 4.31. The summed E-state index contributed by atoms with van der Waals surface area (Å²) in [6.45, 7) is 7.44. The summed E-state index contributed by atoms with van der Waals surface area (Å²) < 4.78 is 0. The van der Waals surface area contributed by atoms with E-state index in [0.29, 0.717) is 0 Å². The highest BCUT2D eigenvalue weighted by Gasteiger charge is 1.96. The van der Waals surface area contributed by atoms with E-state index >= 15 is 0 Å².